The van der Waals surface area contributed by atoms with Gasteiger partial charge in [-0.25, -0.2) is 0 Å². The van der Waals surface area contributed by atoms with Crippen molar-refractivity contribution in [3.8, 4) is 11.5 Å². The summed E-state index contributed by atoms with van der Waals surface area (Å²) < 4.78 is 10.6. The molecule has 7 heteroatoms. The molecule has 1 fully saturated rings. The average Bonchev–Trinajstić information content (AvgIpc) is 2.69. The van der Waals surface area contributed by atoms with Crippen LogP contribution in [0, 0.1) is 16.7 Å². The summed E-state index contributed by atoms with van der Waals surface area (Å²) in [6.07, 6.45) is 5.75. The maximum atomic E-state index is 12.6. The van der Waals surface area contributed by atoms with Crippen molar-refractivity contribution in [2.24, 2.45) is 16.7 Å². The molecule has 0 radical (unpaired) electrons. The normalized spacial score (nSPS) is 26.3. The van der Waals surface area contributed by atoms with Crippen LogP contribution >= 0.6 is 0 Å². The van der Waals surface area contributed by atoms with Crippen molar-refractivity contribution < 1.29 is 29.3 Å². The summed E-state index contributed by atoms with van der Waals surface area (Å²) in [5, 5.41) is 23.3. The topological polar surface area (TPSA) is 105 Å². The Kier molecular flexibility index (Phi) is 6.29. The van der Waals surface area contributed by atoms with Crippen LogP contribution in [0.3, 0.4) is 0 Å². The number of hydrogen-bond acceptors (Lipinski definition) is 5. The number of benzene rings is 1. The zero-order valence-electron chi connectivity index (χ0n) is 17.9. The molecule has 30 heavy (non-hydrogen) atoms. The van der Waals surface area contributed by atoms with Crippen LogP contribution in [0.25, 0.3) is 0 Å². The number of carbonyl (C=O) groups is 2. The van der Waals surface area contributed by atoms with Crippen molar-refractivity contribution in [3.63, 3.8) is 0 Å². The maximum absolute atomic E-state index is 12.6. The van der Waals surface area contributed by atoms with Gasteiger partial charge in [0.1, 0.15) is 5.41 Å². The van der Waals surface area contributed by atoms with Gasteiger partial charge < -0.3 is 25.0 Å². The summed E-state index contributed by atoms with van der Waals surface area (Å²) in [5.41, 5.74) is -0.762. The van der Waals surface area contributed by atoms with Crippen LogP contribution in [0.15, 0.2) is 30.0 Å². The van der Waals surface area contributed by atoms with Crippen molar-refractivity contribution in [1.82, 2.24) is 5.32 Å². The van der Waals surface area contributed by atoms with E-state index in [1.54, 1.807) is 27.2 Å². The molecule has 164 valence electrons. The molecular formula is C23H31NO6. The van der Waals surface area contributed by atoms with E-state index in [0.717, 1.165) is 24.8 Å². The molecule has 2 aliphatic rings. The van der Waals surface area contributed by atoms with Crippen LogP contribution in [-0.2, 0) is 16.1 Å². The number of nitrogens with one attached hydrogen (secondary N) is 1. The largest absolute Gasteiger partial charge is 0.493 e. The molecule has 2 aliphatic carbocycles. The van der Waals surface area contributed by atoms with E-state index in [4.69, 9.17) is 9.47 Å². The molecule has 0 saturated heterocycles. The van der Waals surface area contributed by atoms with Gasteiger partial charge in [0, 0.05) is 12.2 Å². The molecule has 1 aromatic rings. The highest BCUT2D eigenvalue weighted by molar-refractivity contribution is 5.82. The lowest BCUT2D eigenvalue weighted by atomic mass is 9.59. The molecule has 0 spiro atoms. The minimum atomic E-state index is -1.22. The zero-order valence-corrected chi connectivity index (χ0v) is 17.9. The second kappa shape index (κ2) is 8.58. The number of carboxylic acids is 2. The Balaban J connectivity index is 1.88. The van der Waals surface area contributed by atoms with Gasteiger partial charge in [-0.05, 0) is 49.8 Å². The standard InChI is InChI=1S/C23H31NO6/c1-22(20(25)26)10-9-19(23(14-22,21(27)28)12-15-5-4-6-15)24-13-16-7-8-17(29-2)18(11-16)30-3/h7-9,11,15,24H,4-6,10,12-14H2,1-3H3,(H,25,26)(H,27,28). The van der Waals surface area contributed by atoms with Gasteiger partial charge in [0.2, 0.25) is 0 Å². The number of aliphatic carboxylic acids is 2. The molecular weight excluding hydrogens is 386 g/mol. The van der Waals surface area contributed by atoms with Gasteiger partial charge in [-0.1, -0.05) is 31.4 Å². The number of methoxy groups -OCH3 is 2. The van der Waals surface area contributed by atoms with E-state index in [-0.39, 0.29) is 6.42 Å². The number of allylic oxidation sites excluding steroid dienone is 1. The van der Waals surface area contributed by atoms with Crippen LogP contribution < -0.4 is 14.8 Å². The first kappa shape index (κ1) is 22.0. The van der Waals surface area contributed by atoms with Crippen LogP contribution in [-0.4, -0.2) is 36.4 Å². The monoisotopic (exact) mass is 417 g/mol. The molecule has 0 heterocycles. The van der Waals surface area contributed by atoms with E-state index in [9.17, 15) is 19.8 Å². The quantitative estimate of drug-likeness (QED) is 0.561. The number of carboxylic acid groups (broad SMARTS) is 2. The number of rotatable bonds is 9. The fraction of sp³-hybridized carbons (Fsp3) is 0.565. The molecule has 0 aromatic heterocycles. The highest BCUT2D eigenvalue weighted by Crippen LogP contribution is 2.52. The molecule has 2 atom stereocenters. The van der Waals surface area contributed by atoms with Gasteiger partial charge >= 0.3 is 11.9 Å². The summed E-state index contributed by atoms with van der Waals surface area (Å²) in [4.78, 5) is 24.5. The Morgan fingerprint density at radius 2 is 1.83 bits per heavy atom. The van der Waals surface area contributed by atoms with Gasteiger partial charge in [-0.3, -0.25) is 9.59 Å². The van der Waals surface area contributed by atoms with E-state index >= 15 is 0 Å². The van der Waals surface area contributed by atoms with Crippen LogP contribution in [0.5, 0.6) is 11.5 Å². The van der Waals surface area contributed by atoms with Crippen LogP contribution in [0.2, 0.25) is 0 Å². The Morgan fingerprint density at radius 1 is 1.13 bits per heavy atom. The van der Waals surface area contributed by atoms with Crippen molar-refractivity contribution in [3.05, 3.63) is 35.5 Å². The first-order valence-corrected chi connectivity index (χ1v) is 10.4. The van der Waals surface area contributed by atoms with Gasteiger partial charge in [0.25, 0.3) is 0 Å². The molecule has 0 bridgehead atoms. The van der Waals surface area contributed by atoms with Gasteiger partial charge in [-0.2, -0.15) is 0 Å². The van der Waals surface area contributed by atoms with E-state index in [2.05, 4.69) is 5.32 Å². The first-order chi connectivity index (χ1) is 14.2. The highest BCUT2D eigenvalue weighted by atomic mass is 16.5. The van der Waals surface area contributed by atoms with E-state index in [1.165, 1.54) is 0 Å². The van der Waals surface area contributed by atoms with Gasteiger partial charge in [-0.15, -0.1) is 0 Å². The van der Waals surface area contributed by atoms with E-state index in [1.807, 2.05) is 18.2 Å². The lowest BCUT2D eigenvalue weighted by Gasteiger charge is -2.45. The zero-order chi connectivity index (χ0) is 21.9. The smallest absolute Gasteiger partial charge is 0.315 e. The minimum Gasteiger partial charge on any atom is -0.493 e. The predicted molar refractivity (Wildman–Crippen MR) is 111 cm³/mol. The molecule has 1 aromatic carbocycles. The average molecular weight is 418 g/mol. The number of ether oxygens (including phenoxy) is 2. The third-order valence-corrected chi connectivity index (χ3v) is 6.68. The Labute approximate surface area is 177 Å². The SMILES string of the molecule is COc1ccc(CNC2=CCC(C)(C(=O)O)CC2(CC2CCC2)C(=O)O)cc1OC. The summed E-state index contributed by atoms with van der Waals surface area (Å²) in [5.74, 6) is -0.347. The maximum Gasteiger partial charge on any atom is 0.315 e. The van der Waals surface area contributed by atoms with Crippen LogP contribution in [0.1, 0.15) is 51.0 Å². The lowest BCUT2D eigenvalue weighted by molar-refractivity contribution is -0.157. The molecule has 1 saturated carbocycles. The second-order valence-corrected chi connectivity index (χ2v) is 8.80. The molecule has 0 amide bonds. The lowest BCUT2D eigenvalue weighted by Crippen LogP contribution is -2.49. The van der Waals surface area contributed by atoms with Crippen molar-refractivity contribution in [1.29, 1.82) is 0 Å². The second-order valence-electron chi connectivity index (χ2n) is 8.80. The molecule has 3 N–H and O–H groups in total. The number of hydrogen-bond donors (Lipinski definition) is 3. The van der Waals surface area contributed by atoms with Gasteiger partial charge in [0.15, 0.2) is 11.5 Å². The molecule has 3 rings (SSSR count). The van der Waals surface area contributed by atoms with Crippen molar-refractivity contribution in [2.45, 2.75) is 52.0 Å². The molecule has 0 aliphatic heterocycles. The van der Waals surface area contributed by atoms with Crippen LogP contribution in [0.4, 0.5) is 0 Å². The summed E-state index contributed by atoms with van der Waals surface area (Å²) in [6, 6.07) is 5.56. The van der Waals surface area contributed by atoms with Gasteiger partial charge in [0.05, 0.1) is 19.6 Å². The van der Waals surface area contributed by atoms with E-state index in [0.29, 0.717) is 42.5 Å². The highest BCUT2D eigenvalue weighted by Gasteiger charge is 2.53. The summed E-state index contributed by atoms with van der Waals surface area (Å²) >= 11 is 0. The van der Waals surface area contributed by atoms with Crippen molar-refractivity contribution >= 4 is 11.9 Å². The fourth-order valence-electron chi connectivity index (χ4n) is 4.60. The summed E-state index contributed by atoms with van der Waals surface area (Å²) in [6.45, 7) is 2.06. The third kappa shape index (κ3) is 4.11. The summed E-state index contributed by atoms with van der Waals surface area (Å²) in [7, 11) is 3.14. The van der Waals surface area contributed by atoms with Crippen molar-refractivity contribution in [2.75, 3.05) is 14.2 Å². The third-order valence-electron chi connectivity index (χ3n) is 6.68. The Hall–Kier alpha value is -2.70. The predicted octanol–water partition coefficient (Wildman–Crippen LogP) is 3.82. The first-order valence-electron chi connectivity index (χ1n) is 10.4. The fourth-order valence-corrected chi connectivity index (χ4v) is 4.60. The van der Waals surface area contributed by atoms with E-state index < -0.39 is 22.8 Å². The minimum absolute atomic E-state index is 0.0892. The Morgan fingerprint density at radius 3 is 2.37 bits per heavy atom. The molecule has 7 nitrogen and oxygen atoms in total. The Bertz CT molecular complexity index is 846. The molecule has 2 unspecified atom stereocenters.